The summed E-state index contributed by atoms with van der Waals surface area (Å²) in [5.74, 6) is -2.95. The van der Waals surface area contributed by atoms with E-state index in [2.05, 4.69) is 4.98 Å². The van der Waals surface area contributed by atoms with Crippen LogP contribution in [0.4, 0.5) is 0 Å². The van der Waals surface area contributed by atoms with Gasteiger partial charge in [-0.15, -0.1) is 11.8 Å². The fourth-order valence-corrected chi connectivity index (χ4v) is 9.48. The number of imide groups is 1. The highest BCUT2D eigenvalue weighted by Crippen LogP contribution is 2.68. The summed E-state index contributed by atoms with van der Waals surface area (Å²) in [6.07, 6.45) is 0.748. The van der Waals surface area contributed by atoms with Crippen molar-refractivity contribution in [3.05, 3.63) is 44.4 Å². The van der Waals surface area contributed by atoms with Crippen LogP contribution in [-0.2, 0) is 14.4 Å². The summed E-state index contributed by atoms with van der Waals surface area (Å²) in [6.45, 7) is 1.38. The number of carboxylic acids is 1. The van der Waals surface area contributed by atoms with Crippen LogP contribution < -0.4 is 4.87 Å². The van der Waals surface area contributed by atoms with Gasteiger partial charge < -0.3 is 15.2 Å². The largest absolute Gasteiger partial charge is 0.508 e. The number of thiazole rings is 1. The zero-order valence-corrected chi connectivity index (χ0v) is 18.6. The molecule has 3 N–H and O–H groups in total. The number of H-pyrrole nitrogens is 1. The van der Waals surface area contributed by atoms with Gasteiger partial charge in [-0.25, -0.2) is 4.79 Å². The first kappa shape index (κ1) is 20.0. The zero-order valence-electron chi connectivity index (χ0n) is 16.9. The number of carboxylic acid groups (broad SMARTS) is 1. The highest BCUT2D eigenvalue weighted by molar-refractivity contribution is 8.00. The topological polar surface area (TPSA) is 128 Å². The lowest BCUT2D eigenvalue weighted by atomic mass is 9.68. The molecule has 3 fully saturated rings. The predicted octanol–water partition coefficient (Wildman–Crippen LogP) is 2.09. The Bertz CT molecular complexity index is 1220. The van der Waals surface area contributed by atoms with Gasteiger partial charge in [0.05, 0.1) is 16.9 Å². The first-order valence-electron chi connectivity index (χ1n) is 10.6. The van der Waals surface area contributed by atoms with Gasteiger partial charge in [0, 0.05) is 16.0 Å². The lowest BCUT2D eigenvalue weighted by Crippen LogP contribution is -2.44. The number of phenols is 1. The molecule has 2 aromatic rings. The maximum absolute atomic E-state index is 13.3. The van der Waals surface area contributed by atoms with Gasteiger partial charge in [0.25, 0.3) is 0 Å². The Hall–Kier alpha value is -2.59. The molecule has 1 aromatic heterocycles. The minimum Gasteiger partial charge on any atom is -0.508 e. The summed E-state index contributed by atoms with van der Waals surface area (Å²) in [5, 5.41) is 20.1. The molecular formula is C22H20N2O6S2. The molecule has 2 saturated carbocycles. The fourth-order valence-electron chi connectivity index (χ4n) is 6.59. The molecule has 2 aliphatic heterocycles. The van der Waals surface area contributed by atoms with Crippen molar-refractivity contribution in [2.75, 3.05) is 0 Å². The van der Waals surface area contributed by atoms with Crippen LogP contribution in [0.1, 0.15) is 29.7 Å². The van der Waals surface area contributed by atoms with E-state index in [1.54, 1.807) is 23.9 Å². The second-order valence-electron chi connectivity index (χ2n) is 9.11. The van der Waals surface area contributed by atoms with E-state index in [-0.39, 0.29) is 51.4 Å². The minimum atomic E-state index is -1.19. The number of aliphatic carboxylic acids is 1. The third-order valence-electron chi connectivity index (χ3n) is 7.75. The van der Waals surface area contributed by atoms with E-state index in [1.807, 2.05) is 12.1 Å². The molecule has 0 radical (unpaired) electrons. The summed E-state index contributed by atoms with van der Waals surface area (Å²) in [7, 11) is 0. The van der Waals surface area contributed by atoms with Crippen LogP contribution in [-0.4, -0.2) is 49.2 Å². The number of nitrogens with one attached hydrogen (secondary N) is 1. The molecule has 0 spiro atoms. The SMILES string of the molecule is C[C@@H](C(=O)O)N1C(=O)[C@@H]2[C@@H]3C[C@H]([C@H]4Sc5[nH]c(=O)sc5[C@@H](c5ccc(O)cc5)[C@H]34)[C@@H]2C1=O. The molecule has 2 aliphatic carbocycles. The molecule has 1 saturated heterocycles. The van der Waals surface area contributed by atoms with Crippen molar-refractivity contribution >= 4 is 40.9 Å². The number of nitrogens with zero attached hydrogens (tertiary/aromatic N) is 1. The number of likely N-dealkylation sites (tertiary alicyclic amines) is 1. The van der Waals surface area contributed by atoms with Gasteiger partial charge in [-0.2, -0.15) is 0 Å². The van der Waals surface area contributed by atoms with Gasteiger partial charge in [-0.1, -0.05) is 23.5 Å². The van der Waals surface area contributed by atoms with Crippen molar-refractivity contribution in [1.82, 2.24) is 9.88 Å². The molecule has 8 nitrogen and oxygen atoms in total. The monoisotopic (exact) mass is 472 g/mol. The number of rotatable bonds is 3. The molecule has 32 heavy (non-hydrogen) atoms. The van der Waals surface area contributed by atoms with Crippen LogP contribution in [0.3, 0.4) is 0 Å². The number of aromatic amines is 1. The lowest BCUT2D eigenvalue weighted by molar-refractivity contribution is -0.154. The van der Waals surface area contributed by atoms with Crippen LogP contribution in [0.15, 0.2) is 34.1 Å². The number of hydrogen-bond acceptors (Lipinski definition) is 7. The summed E-state index contributed by atoms with van der Waals surface area (Å²) < 4.78 is 0. The number of hydrogen-bond donors (Lipinski definition) is 3. The van der Waals surface area contributed by atoms with Crippen molar-refractivity contribution < 1.29 is 24.6 Å². The molecular weight excluding hydrogens is 452 g/mol. The molecule has 6 rings (SSSR count). The van der Waals surface area contributed by atoms with Crippen molar-refractivity contribution in [2.24, 2.45) is 29.6 Å². The Morgan fingerprint density at radius 3 is 2.44 bits per heavy atom. The number of phenolic OH excluding ortho intramolecular Hbond substituents is 1. The Kier molecular flexibility index (Phi) is 4.20. The number of aromatic nitrogens is 1. The summed E-state index contributed by atoms with van der Waals surface area (Å²) >= 11 is 2.76. The molecule has 10 heteroatoms. The molecule has 2 bridgehead atoms. The molecule has 3 heterocycles. The van der Waals surface area contributed by atoms with Crippen LogP contribution >= 0.6 is 23.1 Å². The van der Waals surface area contributed by atoms with Gasteiger partial charge in [0.2, 0.25) is 11.8 Å². The smallest absolute Gasteiger partial charge is 0.326 e. The summed E-state index contributed by atoms with van der Waals surface area (Å²) in [5.41, 5.74) is 0.964. The predicted molar refractivity (Wildman–Crippen MR) is 116 cm³/mol. The van der Waals surface area contributed by atoms with Crippen molar-refractivity contribution in [1.29, 1.82) is 0 Å². The molecule has 4 aliphatic rings. The van der Waals surface area contributed by atoms with Gasteiger partial charge >= 0.3 is 10.8 Å². The van der Waals surface area contributed by atoms with Gasteiger partial charge in [-0.05, 0) is 48.8 Å². The number of aromatic hydroxyl groups is 1. The van der Waals surface area contributed by atoms with Crippen LogP contribution in [0.25, 0.3) is 0 Å². The third-order valence-corrected chi connectivity index (χ3v) is 10.3. The summed E-state index contributed by atoms with van der Waals surface area (Å²) in [6, 6.07) is 5.77. The van der Waals surface area contributed by atoms with Gasteiger partial charge in [0.1, 0.15) is 11.8 Å². The van der Waals surface area contributed by atoms with Crippen LogP contribution in [0.2, 0.25) is 0 Å². The highest BCUT2D eigenvalue weighted by Gasteiger charge is 2.70. The molecule has 1 aromatic carbocycles. The Morgan fingerprint density at radius 1 is 1.12 bits per heavy atom. The van der Waals surface area contributed by atoms with E-state index in [1.165, 1.54) is 18.3 Å². The summed E-state index contributed by atoms with van der Waals surface area (Å²) in [4.78, 5) is 54.9. The maximum atomic E-state index is 13.3. The number of thioether (sulfide) groups is 1. The quantitative estimate of drug-likeness (QED) is 0.584. The average molecular weight is 473 g/mol. The number of carbonyl (C=O) groups excluding carboxylic acids is 2. The second kappa shape index (κ2) is 6.71. The first-order valence-corrected chi connectivity index (χ1v) is 12.3. The van der Waals surface area contributed by atoms with E-state index in [0.717, 1.165) is 26.8 Å². The van der Waals surface area contributed by atoms with Crippen molar-refractivity contribution in [3.8, 4) is 5.75 Å². The van der Waals surface area contributed by atoms with Gasteiger partial charge in [-0.3, -0.25) is 19.3 Å². The minimum absolute atomic E-state index is 0.0430. The standard InChI is InChI=1S/C22H20N2O6S2/c1-7(21(28)29)24-19(26)14-10-6-11(15(14)20(24)27)16-13(10)12(8-2-4-9(25)5-3-8)17-18(31-16)23-22(30)32-17/h2-5,7,10-16,25H,6H2,1H3,(H,23,30)(H,28,29)/t7-,10+,11-,12-,13-,14+,15-,16+/m0/s1. The van der Waals surface area contributed by atoms with E-state index >= 15 is 0 Å². The Morgan fingerprint density at radius 2 is 1.78 bits per heavy atom. The normalized spacial score (nSPS) is 35.5. The zero-order chi connectivity index (χ0) is 22.5. The number of fused-ring (bicyclic) bond motifs is 9. The molecule has 166 valence electrons. The molecule has 2 amide bonds. The number of benzene rings is 1. The Balaban J connectivity index is 1.45. The van der Waals surface area contributed by atoms with Crippen LogP contribution in [0.5, 0.6) is 5.75 Å². The maximum Gasteiger partial charge on any atom is 0.326 e. The van der Waals surface area contributed by atoms with Crippen molar-refractivity contribution in [2.45, 2.75) is 35.6 Å². The highest BCUT2D eigenvalue weighted by atomic mass is 32.2. The second-order valence-corrected chi connectivity index (χ2v) is 11.3. The molecule has 8 atom stereocenters. The van der Waals surface area contributed by atoms with E-state index in [0.29, 0.717) is 0 Å². The van der Waals surface area contributed by atoms with Crippen molar-refractivity contribution in [3.63, 3.8) is 0 Å². The van der Waals surface area contributed by atoms with Crippen LogP contribution in [0, 0.1) is 29.6 Å². The van der Waals surface area contributed by atoms with E-state index in [4.69, 9.17) is 0 Å². The fraction of sp³-hybridized carbons (Fsp3) is 0.455. The first-order chi connectivity index (χ1) is 15.3. The van der Waals surface area contributed by atoms with Gasteiger partial charge in [0.15, 0.2) is 0 Å². The van der Waals surface area contributed by atoms with E-state index in [9.17, 15) is 29.4 Å². The number of carbonyl (C=O) groups is 3. The molecule has 0 unspecified atom stereocenters. The van der Waals surface area contributed by atoms with E-state index < -0.39 is 23.8 Å². The Labute approximate surface area is 190 Å². The number of amides is 2. The third kappa shape index (κ3) is 2.50. The average Bonchev–Trinajstić information content (AvgIpc) is 3.47. The lowest BCUT2D eigenvalue weighted by Gasteiger charge is -2.43.